The van der Waals surface area contributed by atoms with Crippen molar-refractivity contribution in [1.29, 1.82) is 0 Å². The number of hydrogen-bond donors (Lipinski definition) is 3. The summed E-state index contributed by atoms with van der Waals surface area (Å²) in [6.07, 6.45) is 0. The largest absolute Gasteiger partial charge is 0.390 e. The fourth-order valence-electron chi connectivity index (χ4n) is 1.39. The summed E-state index contributed by atoms with van der Waals surface area (Å²) in [5.74, 6) is -3.90. The number of hydrogen-bond acceptors (Lipinski definition) is 3. The van der Waals surface area contributed by atoms with Gasteiger partial charge in [0.15, 0.2) is 0 Å². The van der Waals surface area contributed by atoms with Gasteiger partial charge in [-0.1, -0.05) is 12.1 Å². The van der Waals surface area contributed by atoms with Gasteiger partial charge in [-0.2, -0.15) is 0 Å². The maximum absolute atomic E-state index is 12.8. The molecule has 0 bridgehead atoms. The molecular formula is C12H16F2N2O2. The van der Waals surface area contributed by atoms with E-state index < -0.39 is 25.0 Å². The molecule has 18 heavy (non-hydrogen) atoms. The molecule has 0 saturated heterocycles. The lowest BCUT2D eigenvalue weighted by molar-refractivity contribution is -0.0461. The SMILES string of the molecule is CCNc1ccccc1C(=O)NCC(F)(F)CO. The van der Waals surface area contributed by atoms with E-state index in [4.69, 9.17) is 5.11 Å². The molecule has 6 heteroatoms. The number of benzene rings is 1. The van der Waals surface area contributed by atoms with E-state index in [1.807, 2.05) is 6.92 Å². The third kappa shape index (κ3) is 3.96. The number of para-hydroxylation sites is 1. The van der Waals surface area contributed by atoms with E-state index in [-0.39, 0.29) is 0 Å². The van der Waals surface area contributed by atoms with Gasteiger partial charge in [0.05, 0.1) is 12.1 Å². The maximum Gasteiger partial charge on any atom is 0.287 e. The number of aliphatic hydroxyl groups excluding tert-OH is 1. The van der Waals surface area contributed by atoms with Crippen molar-refractivity contribution in [3.63, 3.8) is 0 Å². The molecule has 1 aromatic carbocycles. The van der Waals surface area contributed by atoms with Gasteiger partial charge < -0.3 is 15.7 Å². The summed E-state index contributed by atoms with van der Waals surface area (Å²) in [5.41, 5.74) is 0.887. The molecule has 1 rings (SSSR count). The van der Waals surface area contributed by atoms with Crippen molar-refractivity contribution in [1.82, 2.24) is 5.32 Å². The second-order valence-electron chi connectivity index (χ2n) is 3.77. The number of aliphatic hydroxyl groups is 1. The topological polar surface area (TPSA) is 61.4 Å². The van der Waals surface area contributed by atoms with E-state index in [0.717, 1.165) is 0 Å². The zero-order valence-corrected chi connectivity index (χ0v) is 10.0. The van der Waals surface area contributed by atoms with Gasteiger partial charge in [0, 0.05) is 12.2 Å². The lowest BCUT2D eigenvalue weighted by atomic mass is 10.1. The van der Waals surface area contributed by atoms with Crippen LogP contribution in [0.15, 0.2) is 24.3 Å². The fraction of sp³-hybridized carbons (Fsp3) is 0.417. The van der Waals surface area contributed by atoms with E-state index in [1.165, 1.54) is 0 Å². The van der Waals surface area contributed by atoms with Crippen molar-refractivity contribution >= 4 is 11.6 Å². The van der Waals surface area contributed by atoms with E-state index in [0.29, 0.717) is 17.8 Å². The lowest BCUT2D eigenvalue weighted by Crippen LogP contribution is -2.39. The standard InChI is InChI=1S/C12H16F2N2O2/c1-2-15-10-6-4-3-5-9(10)11(18)16-7-12(13,14)8-17/h3-6,15,17H,2,7-8H2,1H3,(H,16,18). The minimum absolute atomic E-state index is 0.299. The van der Waals surface area contributed by atoms with Gasteiger partial charge in [-0.25, -0.2) is 8.78 Å². The zero-order chi connectivity index (χ0) is 13.6. The van der Waals surface area contributed by atoms with Crippen LogP contribution in [0.5, 0.6) is 0 Å². The van der Waals surface area contributed by atoms with Crippen LogP contribution in [0.3, 0.4) is 0 Å². The number of nitrogens with one attached hydrogen (secondary N) is 2. The van der Waals surface area contributed by atoms with Gasteiger partial charge in [0.25, 0.3) is 11.8 Å². The molecule has 0 aromatic heterocycles. The summed E-state index contributed by atoms with van der Waals surface area (Å²) in [6, 6.07) is 6.64. The van der Waals surface area contributed by atoms with Crippen LogP contribution < -0.4 is 10.6 Å². The molecule has 0 aliphatic rings. The van der Waals surface area contributed by atoms with Crippen LogP contribution in [0.4, 0.5) is 14.5 Å². The molecule has 0 aliphatic carbocycles. The molecule has 0 radical (unpaired) electrons. The second-order valence-corrected chi connectivity index (χ2v) is 3.77. The Hall–Kier alpha value is -1.69. The van der Waals surface area contributed by atoms with Crippen molar-refractivity contribution in [2.75, 3.05) is 25.0 Å². The van der Waals surface area contributed by atoms with Gasteiger partial charge in [-0.15, -0.1) is 0 Å². The normalized spacial score (nSPS) is 11.1. The third-order valence-electron chi connectivity index (χ3n) is 2.28. The smallest absolute Gasteiger partial charge is 0.287 e. The van der Waals surface area contributed by atoms with Crippen molar-refractivity contribution < 1.29 is 18.7 Å². The maximum atomic E-state index is 12.8. The molecular weight excluding hydrogens is 242 g/mol. The molecule has 1 amide bonds. The zero-order valence-electron chi connectivity index (χ0n) is 10.0. The highest BCUT2D eigenvalue weighted by atomic mass is 19.3. The van der Waals surface area contributed by atoms with Crippen LogP contribution in [-0.2, 0) is 0 Å². The van der Waals surface area contributed by atoms with Crippen LogP contribution in [-0.4, -0.2) is 36.6 Å². The molecule has 4 nitrogen and oxygen atoms in total. The van der Waals surface area contributed by atoms with Gasteiger partial charge in [0.2, 0.25) is 0 Å². The molecule has 0 atom stereocenters. The Morgan fingerprint density at radius 2 is 2.06 bits per heavy atom. The van der Waals surface area contributed by atoms with Gasteiger partial charge >= 0.3 is 0 Å². The van der Waals surface area contributed by atoms with E-state index in [1.54, 1.807) is 24.3 Å². The Kier molecular flexibility index (Phi) is 5.03. The van der Waals surface area contributed by atoms with E-state index in [9.17, 15) is 13.6 Å². The minimum atomic E-state index is -3.30. The first kappa shape index (κ1) is 14.4. The highest BCUT2D eigenvalue weighted by molar-refractivity contribution is 5.99. The molecule has 0 aliphatic heterocycles. The molecule has 0 saturated carbocycles. The Labute approximate surface area is 104 Å². The molecule has 0 unspecified atom stereocenters. The van der Waals surface area contributed by atoms with E-state index >= 15 is 0 Å². The van der Waals surface area contributed by atoms with E-state index in [2.05, 4.69) is 10.6 Å². The molecule has 0 heterocycles. The second kappa shape index (κ2) is 6.30. The first-order valence-corrected chi connectivity index (χ1v) is 5.60. The predicted octanol–water partition coefficient (Wildman–Crippen LogP) is 1.48. The summed E-state index contributed by atoms with van der Waals surface area (Å²) in [5, 5.41) is 13.5. The van der Waals surface area contributed by atoms with Crippen LogP contribution in [0.1, 0.15) is 17.3 Å². The van der Waals surface area contributed by atoms with Gasteiger partial charge in [-0.3, -0.25) is 4.79 Å². The molecule has 100 valence electrons. The van der Waals surface area contributed by atoms with Crippen LogP contribution in [0.25, 0.3) is 0 Å². The summed E-state index contributed by atoms with van der Waals surface area (Å²) >= 11 is 0. The Morgan fingerprint density at radius 3 is 2.67 bits per heavy atom. The Morgan fingerprint density at radius 1 is 1.39 bits per heavy atom. The highest BCUT2D eigenvalue weighted by Gasteiger charge is 2.28. The van der Waals surface area contributed by atoms with Crippen LogP contribution in [0, 0.1) is 0 Å². The van der Waals surface area contributed by atoms with Crippen LogP contribution in [0.2, 0.25) is 0 Å². The molecule has 1 aromatic rings. The van der Waals surface area contributed by atoms with Crippen molar-refractivity contribution in [3.8, 4) is 0 Å². The summed E-state index contributed by atoms with van der Waals surface area (Å²) in [6.45, 7) is 0.316. The minimum Gasteiger partial charge on any atom is -0.390 e. The lowest BCUT2D eigenvalue weighted by Gasteiger charge is -2.15. The Bertz CT molecular complexity index is 411. The number of carbonyl (C=O) groups excluding carboxylic acids is 1. The highest BCUT2D eigenvalue weighted by Crippen LogP contribution is 2.15. The van der Waals surface area contributed by atoms with Crippen molar-refractivity contribution in [2.24, 2.45) is 0 Å². The summed E-state index contributed by atoms with van der Waals surface area (Å²) < 4.78 is 25.6. The predicted molar refractivity (Wildman–Crippen MR) is 65.0 cm³/mol. The Balaban J connectivity index is 2.72. The molecule has 0 fully saturated rings. The van der Waals surface area contributed by atoms with Crippen LogP contribution >= 0.6 is 0 Å². The third-order valence-corrected chi connectivity index (χ3v) is 2.28. The number of alkyl halides is 2. The summed E-state index contributed by atoms with van der Waals surface area (Å²) in [7, 11) is 0. The number of carbonyl (C=O) groups is 1. The van der Waals surface area contributed by atoms with Crippen molar-refractivity contribution in [2.45, 2.75) is 12.8 Å². The number of anilines is 1. The van der Waals surface area contributed by atoms with Gasteiger partial charge in [0.1, 0.15) is 6.61 Å². The molecule has 3 N–H and O–H groups in total. The first-order chi connectivity index (χ1) is 8.50. The summed E-state index contributed by atoms with van der Waals surface area (Å²) in [4.78, 5) is 11.7. The quantitative estimate of drug-likeness (QED) is 0.724. The van der Waals surface area contributed by atoms with Crippen molar-refractivity contribution in [3.05, 3.63) is 29.8 Å². The molecule has 0 spiro atoms. The average Bonchev–Trinajstić information content (AvgIpc) is 2.37. The average molecular weight is 258 g/mol. The number of halogens is 2. The first-order valence-electron chi connectivity index (χ1n) is 5.60. The van der Waals surface area contributed by atoms with Gasteiger partial charge in [-0.05, 0) is 19.1 Å². The fourth-order valence-corrected chi connectivity index (χ4v) is 1.39. The monoisotopic (exact) mass is 258 g/mol. The number of rotatable bonds is 6. The number of amides is 1.